The summed E-state index contributed by atoms with van der Waals surface area (Å²) in [5.74, 6) is 0.277. The molecule has 1 spiro atoms. The smallest absolute Gasteiger partial charge is 0.332 e. The van der Waals surface area contributed by atoms with Crippen molar-refractivity contribution in [1.29, 1.82) is 0 Å². The van der Waals surface area contributed by atoms with Crippen molar-refractivity contribution in [3.8, 4) is 11.4 Å². The van der Waals surface area contributed by atoms with Crippen LogP contribution in [0.25, 0.3) is 16.6 Å². The van der Waals surface area contributed by atoms with Crippen LogP contribution in [0.1, 0.15) is 77.5 Å². The van der Waals surface area contributed by atoms with Crippen LogP contribution in [-0.4, -0.2) is 43.1 Å². The van der Waals surface area contributed by atoms with Gasteiger partial charge in [-0.05, 0) is 75.4 Å². The summed E-state index contributed by atoms with van der Waals surface area (Å²) in [6.45, 7) is 9.92. The molecule has 1 aliphatic carbocycles. The summed E-state index contributed by atoms with van der Waals surface area (Å²) in [7, 11) is 0. The van der Waals surface area contributed by atoms with Crippen molar-refractivity contribution in [3.05, 3.63) is 59.5 Å². The van der Waals surface area contributed by atoms with Gasteiger partial charge in [-0.1, -0.05) is 33.3 Å². The summed E-state index contributed by atoms with van der Waals surface area (Å²) in [5.41, 5.74) is 3.54. The lowest BCUT2D eigenvalue weighted by atomic mass is 9.71. The molecule has 2 aromatic carbocycles. The number of benzene rings is 2. The predicted octanol–water partition coefficient (Wildman–Crippen LogP) is 6.97. The van der Waals surface area contributed by atoms with E-state index in [2.05, 4.69) is 37.5 Å². The number of hydrogen-bond donors (Lipinski definition) is 0. The number of fused-ring (bicyclic) bond motifs is 4. The van der Waals surface area contributed by atoms with Crippen molar-refractivity contribution in [3.63, 3.8) is 0 Å². The Labute approximate surface area is 230 Å². The van der Waals surface area contributed by atoms with Gasteiger partial charge in [0.2, 0.25) is 0 Å². The SMILES string of the molecule is CCCCOc1cccc2c1c1c(n2-c2ccc(F)cc2)C(C)(C)COC12CCC(OCC(=O)OCC)CC2. The third-order valence-electron chi connectivity index (χ3n) is 8.08. The Kier molecular flexibility index (Phi) is 8.01. The lowest BCUT2D eigenvalue weighted by molar-refractivity contribution is -0.155. The first-order valence-corrected chi connectivity index (χ1v) is 14.3. The van der Waals surface area contributed by atoms with E-state index in [1.165, 1.54) is 23.4 Å². The molecule has 39 heavy (non-hydrogen) atoms. The topological polar surface area (TPSA) is 58.9 Å². The monoisotopic (exact) mass is 537 g/mol. The van der Waals surface area contributed by atoms with E-state index < -0.39 is 5.60 Å². The molecule has 0 radical (unpaired) electrons. The molecule has 3 aromatic rings. The van der Waals surface area contributed by atoms with Crippen LogP contribution < -0.4 is 4.74 Å². The van der Waals surface area contributed by atoms with Crippen LogP contribution in [0.4, 0.5) is 4.39 Å². The number of carbonyl (C=O) groups is 1. The third-order valence-corrected chi connectivity index (χ3v) is 8.08. The van der Waals surface area contributed by atoms with Crippen molar-refractivity contribution in [2.24, 2.45) is 0 Å². The number of carbonyl (C=O) groups excluding carboxylic acids is 1. The molecule has 0 N–H and O–H groups in total. The van der Waals surface area contributed by atoms with Crippen LogP contribution in [0.15, 0.2) is 42.5 Å². The standard InChI is InChI=1S/C32H40FNO5/c1-5-7-19-37-26-10-8-9-25-28(26)29-30(34(25)23-13-11-22(33)12-14-23)31(3,4)21-39-32(29)17-15-24(16-18-32)38-20-27(35)36-6-2/h8-14,24H,5-7,15-21H2,1-4H3. The van der Waals surface area contributed by atoms with Gasteiger partial charge in [0, 0.05) is 27.7 Å². The lowest BCUT2D eigenvalue weighted by Gasteiger charge is -2.47. The second kappa shape index (κ2) is 11.3. The van der Waals surface area contributed by atoms with Gasteiger partial charge >= 0.3 is 5.97 Å². The van der Waals surface area contributed by atoms with Crippen molar-refractivity contribution in [2.75, 3.05) is 26.4 Å². The molecule has 0 bridgehead atoms. The van der Waals surface area contributed by atoms with E-state index in [1.54, 1.807) is 6.92 Å². The molecule has 5 rings (SSSR count). The van der Waals surface area contributed by atoms with E-state index >= 15 is 0 Å². The number of esters is 1. The molecular weight excluding hydrogens is 497 g/mol. The average molecular weight is 538 g/mol. The highest BCUT2D eigenvalue weighted by atomic mass is 19.1. The van der Waals surface area contributed by atoms with E-state index in [9.17, 15) is 9.18 Å². The molecule has 7 heteroatoms. The van der Waals surface area contributed by atoms with Crippen molar-refractivity contribution < 1.29 is 28.1 Å². The molecule has 0 atom stereocenters. The number of halogens is 1. The van der Waals surface area contributed by atoms with Crippen molar-refractivity contribution in [2.45, 2.75) is 83.3 Å². The van der Waals surface area contributed by atoms with Crippen LogP contribution in [0.3, 0.4) is 0 Å². The Bertz CT molecular complexity index is 1300. The molecular formula is C32H40FNO5. The first-order chi connectivity index (χ1) is 18.8. The maximum absolute atomic E-state index is 14.0. The molecule has 210 valence electrons. The zero-order chi connectivity index (χ0) is 27.6. The minimum atomic E-state index is -0.498. The highest BCUT2D eigenvalue weighted by Crippen LogP contribution is 2.55. The average Bonchev–Trinajstić information content (AvgIpc) is 3.30. The first-order valence-electron chi connectivity index (χ1n) is 14.3. The Balaban J connectivity index is 1.61. The van der Waals surface area contributed by atoms with Gasteiger partial charge < -0.3 is 23.5 Å². The Morgan fingerprint density at radius 2 is 1.85 bits per heavy atom. The highest BCUT2D eigenvalue weighted by Gasteiger charge is 2.50. The maximum Gasteiger partial charge on any atom is 0.332 e. The highest BCUT2D eigenvalue weighted by molar-refractivity contribution is 5.94. The first kappa shape index (κ1) is 27.7. The van der Waals surface area contributed by atoms with Gasteiger partial charge in [-0.2, -0.15) is 0 Å². The van der Waals surface area contributed by atoms with Gasteiger partial charge in [-0.3, -0.25) is 0 Å². The van der Waals surface area contributed by atoms with Gasteiger partial charge in [0.25, 0.3) is 0 Å². The second-order valence-electron chi connectivity index (χ2n) is 11.4. The van der Waals surface area contributed by atoms with Crippen LogP contribution >= 0.6 is 0 Å². The van der Waals surface area contributed by atoms with Gasteiger partial charge in [-0.15, -0.1) is 0 Å². The molecule has 1 saturated carbocycles. The van der Waals surface area contributed by atoms with Crippen LogP contribution in [-0.2, 0) is 30.0 Å². The summed E-state index contributed by atoms with van der Waals surface area (Å²) in [5, 5.41) is 1.08. The molecule has 6 nitrogen and oxygen atoms in total. The fraction of sp³-hybridized carbons (Fsp3) is 0.531. The molecule has 1 aliphatic heterocycles. The summed E-state index contributed by atoms with van der Waals surface area (Å²) >= 11 is 0. The van der Waals surface area contributed by atoms with E-state index in [-0.39, 0.29) is 29.9 Å². The minimum Gasteiger partial charge on any atom is -0.493 e. The van der Waals surface area contributed by atoms with Crippen LogP contribution in [0.2, 0.25) is 0 Å². The fourth-order valence-electron chi connectivity index (χ4n) is 6.16. The molecule has 0 amide bonds. The predicted molar refractivity (Wildman–Crippen MR) is 149 cm³/mol. The summed E-state index contributed by atoms with van der Waals surface area (Å²) in [4.78, 5) is 11.9. The van der Waals surface area contributed by atoms with Gasteiger partial charge in [0.05, 0.1) is 37.0 Å². The number of unbranched alkanes of at least 4 members (excludes halogenated alkanes) is 1. The van der Waals surface area contributed by atoms with Gasteiger partial charge in [-0.25, -0.2) is 9.18 Å². The van der Waals surface area contributed by atoms with Crippen LogP contribution in [0.5, 0.6) is 5.75 Å². The maximum atomic E-state index is 14.0. The summed E-state index contributed by atoms with van der Waals surface area (Å²) in [6.07, 6.45) is 5.11. The number of nitrogens with zero attached hydrogens (tertiary/aromatic N) is 1. The molecule has 0 saturated heterocycles. The molecule has 0 unspecified atom stereocenters. The number of aromatic nitrogens is 1. The summed E-state index contributed by atoms with van der Waals surface area (Å²) in [6, 6.07) is 12.9. The van der Waals surface area contributed by atoms with Gasteiger partial charge in [0.1, 0.15) is 18.2 Å². The van der Waals surface area contributed by atoms with E-state index in [1.807, 2.05) is 18.2 Å². The quantitative estimate of drug-likeness (QED) is 0.218. The van der Waals surface area contributed by atoms with E-state index in [0.29, 0.717) is 19.8 Å². The van der Waals surface area contributed by atoms with E-state index in [4.69, 9.17) is 18.9 Å². The molecule has 1 aromatic heterocycles. The number of hydrogen-bond acceptors (Lipinski definition) is 5. The third kappa shape index (κ3) is 5.31. The van der Waals surface area contributed by atoms with Crippen LogP contribution in [0, 0.1) is 5.82 Å². The Hall–Kier alpha value is -2.90. The molecule has 2 heterocycles. The zero-order valence-electron chi connectivity index (χ0n) is 23.6. The normalized spacial score (nSPS) is 22.1. The Morgan fingerprint density at radius 3 is 2.54 bits per heavy atom. The summed E-state index contributed by atoms with van der Waals surface area (Å²) < 4.78 is 40.4. The number of rotatable bonds is 9. The van der Waals surface area contributed by atoms with Crippen molar-refractivity contribution in [1.82, 2.24) is 4.57 Å². The van der Waals surface area contributed by atoms with E-state index in [0.717, 1.165) is 60.9 Å². The Morgan fingerprint density at radius 1 is 1.10 bits per heavy atom. The lowest BCUT2D eigenvalue weighted by Crippen LogP contribution is -2.46. The minimum absolute atomic E-state index is 0.0206. The van der Waals surface area contributed by atoms with Gasteiger partial charge in [0.15, 0.2) is 0 Å². The molecule has 1 fully saturated rings. The number of ether oxygens (including phenoxy) is 4. The van der Waals surface area contributed by atoms with Crippen molar-refractivity contribution >= 4 is 16.9 Å². The second-order valence-corrected chi connectivity index (χ2v) is 11.4. The largest absolute Gasteiger partial charge is 0.493 e. The molecule has 2 aliphatic rings. The fourth-order valence-corrected chi connectivity index (χ4v) is 6.16. The zero-order valence-corrected chi connectivity index (χ0v) is 23.6.